The quantitative estimate of drug-likeness (QED) is 0.644. The minimum Gasteiger partial charge on any atom is -0.338 e. The Morgan fingerprint density at radius 3 is 2.38 bits per heavy atom. The molecular weight excluding hydrogens is 341 g/mol. The summed E-state index contributed by atoms with van der Waals surface area (Å²) in [5.41, 5.74) is 0.744. The van der Waals surface area contributed by atoms with Gasteiger partial charge in [0.05, 0.1) is 5.69 Å². The van der Waals surface area contributed by atoms with Crippen molar-refractivity contribution in [3.8, 4) is 0 Å². The van der Waals surface area contributed by atoms with E-state index >= 15 is 0 Å². The highest BCUT2D eigenvalue weighted by Gasteiger charge is 2.15. The van der Waals surface area contributed by atoms with Gasteiger partial charge in [-0.05, 0) is 38.1 Å². The molecule has 0 bridgehead atoms. The monoisotopic (exact) mass is 358 g/mol. The van der Waals surface area contributed by atoms with Crippen LogP contribution in [0.15, 0.2) is 48.5 Å². The molecule has 0 atom stereocenters. The highest BCUT2D eigenvalue weighted by atomic mass is 19.2. The third kappa shape index (κ3) is 3.61. The van der Waals surface area contributed by atoms with Crippen LogP contribution in [0.4, 0.5) is 36.2 Å². The van der Waals surface area contributed by atoms with E-state index in [1.165, 1.54) is 0 Å². The number of aromatic nitrogens is 2. The second-order valence-corrected chi connectivity index (χ2v) is 5.59. The normalized spacial score (nSPS) is 10.7. The van der Waals surface area contributed by atoms with Crippen LogP contribution >= 0.6 is 0 Å². The molecule has 0 spiro atoms. The number of para-hydroxylation sites is 1. The minimum atomic E-state index is -1.53. The molecule has 0 radical (unpaired) electrons. The Kier molecular flexibility index (Phi) is 5.06. The fourth-order valence-electron chi connectivity index (χ4n) is 2.60. The Hall–Kier alpha value is -3.09. The zero-order valence-electron chi connectivity index (χ0n) is 14.3. The zero-order valence-corrected chi connectivity index (χ0v) is 14.3. The van der Waals surface area contributed by atoms with E-state index in [2.05, 4.69) is 15.3 Å². The average Bonchev–Trinajstić information content (AvgIpc) is 2.63. The van der Waals surface area contributed by atoms with E-state index in [1.54, 1.807) is 13.0 Å². The molecule has 0 fully saturated rings. The highest BCUT2D eigenvalue weighted by molar-refractivity contribution is 5.65. The summed E-state index contributed by atoms with van der Waals surface area (Å²) in [7, 11) is 0. The summed E-state index contributed by atoms with van der Waals surface area (Å²) in [6.45, 7) is 4.33. The van der Waals surface area contributed by atoms with Crippen molar-refractivity contribution in [2.75, 3.05) is 16.8 Å². The largest absolute Gasteiger partial charge is 0.338 e. The zero-order chi connectivity index (χ0) is 18.7. The summed E-state index contributed by atoms with van der Waals surface area (Å²) < 4.78 is 40.4. The molecule has 4 nitrogen and oxygen atoms in total. The molecular formula is C19H17F3N4. The van der Waals surface area contributed by atoms with E-state index in [0.29, 0.717) is 18.2 Å². The Balaban J connectivity index is 1.97. The number of aryl methyl sites for hydroxylation is 1. The van der Waals surface area contributed by atoms with Crippen LogP contribution in [0.25, 0.3) is 0 Å². The van der Waals surface area contributed by atoms with Gasteiger partial charge in [0, 0.05) is 18.3 Å². The Labute approximate surface area is 149 Å². The van der Waals surface area contributed by atoms with Gasteiger partial charge in [0.25, 0.3) is 0 Å². The molecule has 0 aliphatic rings. The molecule has 7 heteroatoms. The fourth-order valence-corrected chi connectivity index (χ4v) is 2.60. The lowest BCUT2D eigenvalue weighted by Gasteiger charge is -2.23. The van der Waals surface area contributed by atoms with E-state index in [0.717, 1.165) is 17.8 Å². The maximum absolute atomic E-state index is 13.9. The lowest BCUT2D eigenvalue weighted by molar-refractivity contribution is 0.449. The predicted molar refractivity (Wildman–Crippen MR) is 95.5 cm³/mol. The van der Waals surface area contributed by atoms with Crippen LogP contribution in [0.2, 0.25) is 0 Å². The molecule has 0 aliphatic heterocycles. The number of anilines is 4. The van der Waals surface area contributed by atoms with Gasteiger partial charge in [-0.3, -0.25) is 0 Å². The van der Waals surface area contributed by atoms with Crippen molar-refractivity contribution < 1.29 is 13.2 Å². The van der Waals surface area contributed by atoms with Crippen LogP contribution in [-0.4, -0.2) is 16.5 Å². The molecule has 3 aromatic rings. The van der Waals surface area contributed by atoms with Crippen molar-refractivity contribution in [1.82, 2.24) is 9.97 Å². The van der Waals surface area contributed by atoms with Gasteiger partial charge in [-0.15, -0.1) is 0 Å². The molecule has 0 unspecified atom stereocenters. The first-order valence-electron chi connectivity index (χ1n) is 8.08. The summed E-state index contributed by atoms with van der Waals surface area (Å²) in [6, 6.07) is 13.3. The lowest BCUT2D eigenvalue weighted by Crippen LogP contribution is -2.18. The number of rotatable bonds is 5. The number of hydrogen-bond donors (Lipinski definition) is 1. The van der Waals surface area contributed by atoms with E-state index in [1.807, 2.05) is 42.2 Å². The fraction of sp³-hybridized carbons (Fsp3) is 0.158. The van der Waals surface area contributed by atoms with Crippen molar-refractivity contribution >= 4 is 23.0 Å². The standard InChI is InChI=1S/C19H17F3N4/c1-3-26(13-7-5-4-6-8-13)17-11-16(23-12(2)24-17)25-15-10-9-14(20)18(21)19(15)22/h4-11H,3H2,1-2H3,(H,23,24,25). The average molecular weight is 358 g/mol. The Morgan fingerprint density at radius 1 is 0.962 bits per heavy atom. The summed E-state index contributed by atoms with van der Waals surface area (Å²) in [5, 5.41) is 2.69. The summed E-state index contributed by atoms with van der Waals surface area (Å²) in [5.74, 6) is -2.71. The first-order chi connectivity index (χ1) is 12.5. The van der Waals surface area contributed by atoms with Crippen molar-refractivity contribution in [2.45, 2.75) is 13.8 Å². The predicted octanol–water partition coefficient (Wildman–Crippen LogP) is 5.10. The molecule has 0 saturated heterocycles. The van der Waals surface area contributed by atoms with Gasteiger partial charge in [-0.2, -0.15) is 0 Å². The maximum atomic E-state index is 13.9. The van der Waals surface area contributed by atoms with Crippen molar-refractivity contribution in [3.63, 3.8) is 0 Å². The lowest BCUT2D eigenvalue weighted by atomic mass is 10.2. The first-order valence-corrected chi connectivity index (χ1v) is 8.08. The third-order valence-corrected chi connectivity index (χ3v) is 3.78. The number of nitrogens with one attached hydrogen (secondary N) is 1. The van der Waals surface area contributed by atoms with Crippen LogP contribution in [0.1, 0.15) is 12.7 Å². The molecule has 0 aliphatic carbocycles. The van der Waals surface area contributed by atoms with Gasteiger partial charge in [0.2, 0.25) is 0 Å². The number of halogens is 3. The van der Waals surface area contributed by atoms with Gasteiger partial charge in [0.15, 0.2) is 17.5 Å². The first kappa shape index (κ1) is 17.7. The summed E-state index contributed by atoms with van der Waals surface area (Å²) in [4.78, 5) is 10.6. The van der Waals surface area contributed by atoms with Crippen molar-refractivity contribution in [3.05, 3.63) is 71.8 Å². The van der Waals surface area contributed by atoms with Gasteiger partial charge in [-0.25, -0.2) is 23.1 Å². The second-order valence-electron chi connectivity index (χ2n) is 5.59. The topological polar surface area (TPSA) is 41.0 Å². The van der Waals surface area contributed by atoms with Gasteiger partial charge in [0.1, 0.15) is 17.5 Å². The summed E-state index contributed by atoms with van der Waals surface area (Å²) >= 11 is 0. The molecule has 0 saturated carbocycles. The molecule has 134 valence electrons. The Bertz CT molecular complexity index is 916. The molecule has 1 N–H and O–H groups in total. The molecule has 3 rings (SSSR count). The smallest absolute Gasteiger partial charge is 0.196 e. The van der Waals surface area contributed by atoms with Crippen molar-refractivity contribution in [1.29, 1.82) is 0 Å². The number of benzene rings is 2. The Morgan fingerprint density at radius 2 is 1.69 bits per heavy atom. The van der Waals surface area contributed by atoms with Crippen LogP contribution in [0.5, 0.6) is 0 Å². The molecule has 1 heterocycles. The van der Waals surface area contributed by atoms with Crippen LogP contribution < -0.4 is 10.2 Å². The van der Waals surface area contributed by atoms with Crippen LogP contribution in [0.3, 0.4) is 0 Å². The third-order valence-electron chi connectivity index (χ3n) is 3.78. The van der Waals surface area contributed by atoms with E-state index in [4.69, 9.17) is 0 Å². The minimum absolute atomic E-state index is 0.198. The van der Waals surface area contributed by atoms with Crippen LogP contribution in [0, 0.1) is 24.4 Å². The SMILES string of the molecule is CCN(c1ccccc1)c1cc(Nc2ccc(F)c(F)c2F)nc(C)n1. The van der Waals surface area contributed by atoms with Gasteiger partial charge < -0.3 is 10.2 Å². The summed E-state index contributed by atoms with van der Waals surface area (Å²) in [6.07, 6.45) is 0. The number of nitrogens with zero attached hydrogens (tertiary/aromatic N) is 3. The second kappa shape index (κ2) is 7.43. The molecule has 2 aromatic carbocycles. The van der Waals surface area contributed by atoms with E-state index in [9.17, 15) is 13.2 Å². The highest BCUT2D eigenvalue weighted by Crippen LogP contribution is 2.27. The molecule has 0 amide bonds. The number of hydrogen-bond acceptors (Lipinski definition) is 4. The van der Waals surface area contributed by atoms with Crippen LogP contribution in [-0.2, 0) is 0 Å². The molecule has 1 aromatic heterocycles. The van der Waals surface area contributed by atoms with Crippen molar-refractivity contribution in [2.24, 2.45) is 0 Å². The maximum Gasteiger partial charge on any atom is 0.196 e. The van der Waals surface area contributed by atoms with Gasteiger partial charge in [-0.1, -0.05) is 18.2 Å². The van der Waals surface area contributed by atoms with Gasteiger partial charge >= 0.3 is 0 Å². The van der Waals surface area contributed by atoms with E-state index < -0.39 is 17.5 Å². The molecule has 26 heavy (non-hydrogen) atoms. The van der Waals surface area contributed by atoms with E-state index in [-0.39, 0.29) is 11.5 Å².